The van der Waals surface area contributed by atoms with E-state index in [9.17, 15) is 0 Å². The zero-order valence-corrected chi connectivity index (χ0v) is 10.3. The Bertz CT molecular complexity index is 474. The highest BCUT2D eigenvalue weighted by molar-refractivity contribution is 14.1. The van der Waals surface area contributed by atoms with Gasteiger partial charge in [0.05, 0.1) is 11.4 Å². The Kier molecular flexibility index (Phi) is 2.23. The van der Waals surface area contributed by atoms with Gasteiger partial charge in [-0.2, -0.15) is 5.10 Å². The van der Waals surface area contributed by atoms with Crippen molar-refractivity contribution in [3.05, 3.63) is 40.0 Å². The van der Waals surface area contributed by atoms with Crippen molar-refractivity contribution in [3.63, 3.8) is 0 Å². The van der Waals surface area contributed by atoms with Crippen LogP contribution in [0.5, 0.6) is 0 Å². The lowest BCUT2D eigenvalue weighted by atomic mass is 10.3. The quantitative estimate of drug-likeness (QED) is 0.799. The Morgan fingerprint density at radius 1 is 1.27 bits per heavy atom. The molecule has 1 saturated carbocycles. The zero-order valence-electron chi connectivity index (χ0n) is 8.10. The van der Waals surface area contributed by atoms with Crippen LogP contribution in [-0.2, 0) is 0 Å². The fraction of sp³-hybridized carbons (Fsp3) is 0.273. The van der Waals surface area contributed by atoms with Crippen molar-refractivity contribution in [2.45, 2.75) is 18.8 Å². The summed E-state index contributed by atoms with van der Waals surface area (Å²) in [5, 5.41) is 4.62. The van der Waals surface area contributed by atoms with Gasteiger partial charge in [0.25, 0.3) is 0 Å². The summed E-state index contributed by atoms with van der Waals surface area (Å²) in [6.45, 7) is 0. The van der Waals surface area contributed by atoms with Gasteiger partial charge in [-0.25, -0.2) is 4.68 Å². The molecule has 0 aromatic carbocycles. The van der Waals surface area contributed by atoms with Gasteiger partial charge in [0, 0.05) is 18.3 Å². The van der Waals surface area contributed by atoms with Crippen LogP contribution in [-0.4, -0.2) is 14.8 Å². The minimum Gasteiger partial charge on any atom is -0.265 e. The summed E-state index contributed by atoms with van der Waals surface area (Å²) in [6.07, 6.45) is 6.18. The standard InChI is InChI=1S/C11H10IN3/c12-11-7-10(8-1-2-8)14-15(11)9-3-5-13-6-4-9/h3-8H,1-2H2. The minimum atomic E-state index is 0.710. The van der Waals surface area contributed by atoms with E-state index in [0.29, 0.717) is 5.92 Å². The smallest absolute Gasteiger partial charge is 0.105 e. The molecule has 3 rings (SSSR count). The van der Waals surface area contributed by atoms with Crippen molar-refractivity contribution in [2.75, 3.05) is 0 Å². The van der Waals surface area contributed by atoms with Crippen LogP contribution in [0, 0.1) is 3.70 Å². The second-order valence-electron chi connectivity index (χ2n) is 3.78. The average molecular weight is 311 g/mol. The van der Waals surface area contributed by atoms with Crippen LogP contribution >= 0.6 is 22.6 Å². The Morgan fingerprint density at radius 2 is 2.00 bits per heavy atom. The van der Waals surface area contributed by atoms with Gasteiger partial charge in [-0.1, -0.05) is 0 Å². The maximum atomic E-state index is 4.62. The second-order valence-corrected chi connectivity index (χ2v) is 4.89. The van der Waals surface area contributed by atoms with Crippen molar-refractivity contribution >= 4 is 22.6 Å². The summed E-state index contributed by atoms with van der Waals surface area (Å²) in [5.41, 5.74) is 2.32. The molecule has 3 nitrogen and oxygen atoms in total. The fourth-order valence-corrected chi connectivity index (χ4v) is 2.33. The highest BCUT2D eigenvalue weighted by atomic mass is 127. The summed E-state index contributed by atoms with van der Waals surface area (Å²) < 4.78 is 3.15. The van der Waals surface area contributed by atoms with Gasteiger partial charge in [0.15, 0.2) is 0 Å². The predicted octanol–water partition coefficient (Wildman–Crippen LogP) is 2.75. The molecule has 1 fully saturated rings. The summed E-state index contributed by atoms with van der Waals surface area (Å²) in [4.78, 5) is 4.01. The Balaban J connectivity index is 2.04. The monoisotopic (exact) mass is 311 g/mol. The Morgan fingerprint density at radius 3 is 2.67 bits per heavy atom. The van der Waals surface area contributed by atoms with E-state index in [0.717, 1.165) is 5.69 Å². The summed E-state index contributed by atoms with van der Waals surface area (Å²) in [6, 6.07) is 6.14. The van der Waals surface area contributed by atoms with E-state index in [1.807, 2.05) is 16.8 Å². The van der Waals surface area contributed by atoms with Crippen molar-refractivity contribution in [1.82, 2.24) is 14.8 Å². The van der Waals surface area contributed by atoms with Crippen LogP contribution in [0.25, 0.3) is 5.69 Å². The van der Waals surface area contributed by atoms with Crippen molar-refractivity contribution in [3.8, 4) is 5.69 Å². The maximum absolute atomic E-state index is 4.62. The first kappa shape index (κ1) is 9.33. The van der Waals surface area contributed by atoms with Gasteiger partial charge < -0.3 is 0 Å². The lowest BCUT2D eigenvalue weighted by molar-refractivity contribution is 0.821. The topological polar surface area (TPSA) is 30.7 Å². The molecule has 4 heteroatoms. The highest BCUT2D eigenvalue weighted by Gasteiger charge is 2.27. The van der Waals surface area contributed by atoms with E-state index in [1.54, 1.807) is 12.4 Å². The Labute approximate surface area is 102 Å². The van der Waals surface area contributed by atoms with Crippen LogP contribution < -0.4 is 0 Å². The van der Waals surface area contributed by atoms with Crippen molar-refractivity contribution in [2.24, 2.45) is 0 Å². The van der Waals surface area contributed by atoms with E-state index in [4.69, 9.17) is 0 Å². The lowest BCUT2D eigenvalue weighted by Gasteiger charge is -2.01. The van der Waals surface area contributed by atoms with E-state index < -0.39 is 0 Å². The SMILES string of the molecule is Ic1cc(C2CC2)nn1-c1ccncc1. The molecule has 2 heterocycles. The predicted molar refractivity (Wildman–Crippen MR) is 66.1 cm³/mol. The molecule has 0 unspecified atom stereocenters. The number of aromatic nitrogens is 3. The molecule has 2 aromatic rings. The molecular weight excluding hydrogens is 301 g/mol. The fourth-order valence-electron chi connectivity index (χ4n) is 1.62. The molecule has 0 bridgehead atoms. The molecule has 0 saturated heterocycles. The van der Waals surface area contributed by atoms with Crippen LogP contribution in [0.3, 0.4) is 0 Å². The number of nitrogens with zero attached hydrogens (tertiary/aromatic N) is 3. The zero-order chi connectivity index (χ0) is 10.3. The largest absolute Gasteiger partial charge is 0.265 e. The van der Waals surface area contributed by atoms with Crippen molar-refractivity contribution in [1.29, 1.82) is 0 Å². The van der Waals surface area contributed by atoms with E-state index in [1.165, 1.54) is 22.2 Å². The third-order valence-electron chi connectivity index (χ3n) is 2.59. The maximum Gasteiger partial charge on any atom is 0.105 e. The molecule has 1 aliphatic rings. The van der Waals surface area contributed by atoms with E-state index >= 15 is 0 Å². The summed E-state index contributed by atoms with van der Waals surface area (Å²) in [5.74, 6) is 0.710. The molecule has 76 valence electrons. The van der Waals surface area contributed by atoms with Crippen LogP contribution in [0.15, 0.2) is 30.6 Å². The number of pyridine rings is 1. The second kappa shape index (κ2) is 3.59. The van der Waals surface area contributed by atoms with Gasteiger partial charge in [-0.15, -0.1) is 0 Å². The van der Waals surface area contributed by atoms with Gasteiger partial charge in [0.2, 0.25) is 0 Å². The molecule has 2 aromatic heterocycles. The Hall–Kier alpha value is -0.910. The van der Waals surface area contributed by atoms with E-state index in [2.05, 4.69) is 38.7 Å². The van der Waals surface area contributed by atoms with Crippen molar-refractivity contribution < 1.29 is 0 Å². The number of hydrogen-bond donors (Lipinski definition) is 0. The highest BCUT2D eigenvalue weighted by Crippen LogP contribution is 2.39. The third kappa shape index (κ3) is 1.78. The molecule has 0 atom stereocenters. The average Bonchev–Trinajstić information content (AvgIpc) is 3.04. The van der Waals surface area contributed by atoms with Gasteiger partial charge >= 0.3 is 0 Å². The molecule has 0 N–H and O–H groups in total. The first-order chi connectivity index (χ1) is 7.34. The minimum absolute atomic E-state index is 0.710. The number of rotatable bonds is 2. The normalized spacial score (nSPS) is 15.5. The molecule has 0 spiro atoms. The van der Waals surface area contributed by atoms with Gasteiger partial charge in [-0.3, -0.25) is 4.98 Å². The molecule has 1 aliphatic carbocycles. The van der Waals surface area contributed by atoms with Gasteiger partial charge in [-0.05, 0) is 53.6 Å². The molecule has 0 amide bonds. The molecule has 0 radical (unpaired) electrons. The number of halogens is 1. The van der Waals surface area contributed by atoms with Crippen LogP contribution in [0.2, 0.25) is 0 Å². The lowest BCUT2D eigenvalue weighted by Crippen LogP contribution is -1.98. The molecule has 0 aliphatic heterocycles. The summed E-state index contributed by atoms with van der Waals surface area (Å²) >= 11 is 2.33. The molecule has 15 heavy (non-hydrogen) atoms. The molecular formula is C11H10IN3. The third-order valence-corrected chi connectivity index (χ3v) is 3.36. The van der Waals surface area contributed by atoms with Crippen LogP contribution in [0.4, 0.5) is 0 Å². The van der Waals surface area contributed by atoms with Crippen LogP contribution in [0.1, 0.15) is 24.5 Å². The summed E-state index contributed by atoms with van der Waals surface area (Å²) in [7, 11) is 0. The van der Waals surface area contributed by atoms with Gasteiger partial charge in [0.1, 0.15) is 3.70 Å². The first-order valence-corrected chi connectivity index (χ1v) is 6.08. The van der Waals surface area contributed by atoms with E-state index in [-0.39, 0.29) is 0 Å². The first-order valence-electron chi connectivity index (χ1n) is 5.00. The number of hydrogen-bond acceptors (Lipinski definition) is 2.